The summed E-state index contributed by atoms with van der Waals surface area (Å²) in [6.07, 6.45) is 6.14. The highest BCUT2D eigenvalue weighted by Crippen LogP contribution is 2.20. The lowest BCUT2D eigenvalue weighted by molar-refractivity contribution is -0.0816. The number of nitrogens with zero attached hydrogens (tertiary/aromatic N) is 2. The Hall–Kier alpha value is -0.850. The molecule has 6 nitrogen and oxygen atoms in total. The summed E-state index contributed by atoms with van der Waals surface area (Å²) in [5, 5.41) is 3.47. The fourth-order valence-electron chi connectivity index (χ4n) is 3.07. The van der Waals surface area contributed by atoms with Crippen LogP contribution in [0.3, 0.4) is 0 Å². The number of hydrogen-bond acceptors (Lipinski definition) is 4. The number of nitrogens with one attached hydrogen (secondary N) is 1. The number of methoxy groups -OCH3 is 1. The Labute approximate surface area is 134 Å². The first-order valence-corrected chi connectivity index (χ1v) is 8.53. The first kappa shape index (κ1) is 17.5. The number of rotatable bonds is 7. The third-order valence-electron chi connectivity index (χ3n) is 4.29. The van der Waals surface area contributed by atoms with Crippen molar-refractivity contribution in [2.45, 2.75) is 44.3 Å². The summed E-state index contributed by atoms with van der Waals surface area (Å²) < 4.78 is 16.7. The van der Waals surface area contributed by atoms with Crippen molar-refractivity contribution in [3.05, 3.63) is 0 Å². The minimum absolute atomic E-state index is 0.177. The molecule has 2 saturated heterocycles. The van der Waals surface area contributed by atoms with E-state index in [9.17, 15) is 0 Å². The highest BCUT2D eigenvalue weighted by atomic mass is 16.5. The van der Waals surface area contributed by atoms with Gasteiger partial charge in [-0.2, -0.15) is 0 Å². The first-order valence-electron chi connectivity index (χ1n) is 8.53. The predicted octanol–water partition coefficient (Wildman–Crippen LogP) is 1.26. The zero-order valence-electron chi connectivity index (χ0n) is 14.1. The van der Waals surface area contributed by atoms with E-state index in [0.717, 1.165) is 71.1 Å². The highest BCUT2D eigenvalue weighted by molar-refractivity contribution is 5.80. The average Bonchev–Trinajstić information content (AvgIpc) is 3.09. The van der Waals surface area contributed by atoms with Crippen LogP contribution in [0.2, 0.25) is 0 Å². The van der Waals surface area contributed by atoms with Gasteiger partial charge in [0.1, 0.15) is 6.10 Å². The molecule has 6 heteroatoms. The number of aliphatic imine (C=N–C) groups is 1. The van der Waals surface area contributed by atoms with Crippen LogP contribution in [-0.2, 0) is 14.2 Å². The van der Waals surface area contributed by atoms with Gasteiger partial charge in [-0.1, -0.05) is 0 Å². The monoisotopic (exact) mass is 313 g/mol. The Bertz CT molecular complexity index is 333. The Morgan fingerprint density at radius 3 is 2.82 bits per heavy atom. The molecule has 2 unspecified atom stereocenters. The number of guanidine groups is 1. The fraction of sp³-hybridized carbons (Fsp3) is 0.938. The molecule has 0 aromatic heterocycles. The van der Waals surface area contributed by atoms with Crippen molar-refractivity contribution in [2.75, 3.05) is 53.6 Å². The maximum absolute atomic E-state index is 5.89. The summed E-state index contributed by atoms with van der Waals surface area (Å²) in [6.45, 7) is 5.19. The quantitative estimate of drug-likeness (QED) is 0.436. The molecule has 128 valence electrons. The van der Waals surface area contributed by atoms with Crippen molar-refractivity contribution >= 4 is 5.96 Å². The average molecular weight is 313 g/mol. The van der Waals surface area contributed by atoms with Gasteiger partial charge in [-0.05, 0) is 32.1 Å². The molecule has 2 heterocycles. The second-order valence-electron chi connectivity index (χ2n) is 5.93. The molecule has 0 saturated carbocycles. The van der Waals surface area contributed by atoms with Gasteiger partial charge < -0.3 is 24.4 Å². The van der Waals surface area contributed by atoms with Crippen molar-refractivity contribution in [2.24, 2.45) is 4.99 Å². The van der Waals surface area contributed by atoms with E-state index in [0.29, 0.717) is 0 Å². The van der Waals surface area contributed by atoms with Gasteiger partial charge in [0.15, 0.2) is 5.96 Å². The standard InChI is InChI=1S/C16H31N3O3/c1-17-16(18-8-4-3-5-10-20-2)19-9-12-22-15(13-19)14-7-6-11-21-14/h14-15H,3-13H2,1-2H3,(H,17,18). The third-order valence-corrected chi connectivity index (χ3v) is 4.29. The van der Waals surface area contributed by atoms with Gasteiger partial charge in [-0.15, -0.1) is 0 Å². The zero-order valence-corrected chi connectivity index (χ0v) is 14.1. The van der Waals surface area contributed by atoms with Crippen molar-refractivity contribution < 1.29 is 14.2 Å². The summed E-state index contributed by atoms with van der Waals surface area (Å²) in [7, 11) is 3.60. The van der Waals surface area contributed by atoms with Crippen molar-refractivity contribution in [1.29, 1.82) is 0 Å². The number of unbranched alkanes of at least 4 members (excludes halogenated alkanes) is 2. The molecule has 2 fully saturated rings. The maximum Gasteiger partial charge on any atom is 0.193 e. The van der Waals surface area contributed by atoms with Crippen molar-refractivity contribution in [3.63, 3.8) is 0 Å². The van der Waals surface area contributed by atoms with Crippen LogP contribution in [0.5, 0.6) is 0 Å². The summed E-state index contributed by atoms with van der Waals surface area (Å²) in [5.74, 6) is 0.984. The Morgan fingerprint density at radius 2 is 2.09 bits per heavy atom. The van der Waals surface area contributed by atoms with Crippen LogP contribution in [-0.4, -0.2) is 76.7 Å². The van der Waals surface area contributed by atoms with Gasteiger partial charge in [0.25, 0.3) is 0 Å². The van der Waals surface area contributed by atoms with Crippen molar-refractivity contribution in [3.8, 4) is 0 Å². The molecule has 0 aliphatic carbocycles. The lowest BCUT2D eigenvalue weighted by atomic mass is 10.1. The Balaban J connectivity index is 1.70. The van der Waals surface area contributed by atoms with Crippen LogP contribution in [0.25, 0.3) is 0 Å². The van der Waals surface area contributed by atoms with Gasteiger partial charge in [0.2, 0.25) is 0 Å². The maximum atomic E-state index is 5.89. The number of morpholine rings is 1. The Morgan fingerprint density at radius 1 is 1.23 bits per heavy atom. The van der Waals surface area contributed by atoms with E-state index >= 15 is 0 Å². The van der Waals surface area contributed by atoms with Gasteiger partial charge >= 0.3 is 0 Å². The molecule has 2 aliphatic heterocycles. The molecule has 2 rings (SSSR count). The predicted molar refractivity (Wildman–Crippen MR) is 87.4 cm³/mol. The third kappa shape index (κ3) is 5.41. The summed E-state index contributed by atoms with van der Waals surface area (Å²) in [4.78, 5) is 6.71. The Kier molecular flexibility index (Phi) is 7.98. The molecular formula is C16H31N3O3. The highest BCUT2D eigenvalue weighted by Gasteiger charge is 2.32. The molecule has 0 aromatic carbocycles. The van der Waals surface area contributed by atoms with Crippen LogP contribution in [0.4, 0.5) is 0 Å². The van der Waals surface area contributed by atoms with Crippen LogP contribution in [0.1, 0.15) is 32.1 Å². The normalized spacial score (nSPS) is 26.5. The van der Waals surface area contributed by atoms with E-state index < -0.39 is 0 Å². The SMILES string of the molecule is CN=C(NCCCCCOC)N1CCOC(C2CCCO2)C1. The van der Waals surface area contributed by atoms with E-state index in [1.54, 1.807) is 7.11 Å². The molecule has 0 amide bonds. The lowest BCUT2D eigenvalue weighted by Crippen LogP contribution is -2.53. The van der Waals surface area contributed by atoms with Crippen LogP contribution in [0.15, 0.2) is 4.99 Å². The molecule has 1 N–H and O–H groups in total. The molecule has 0 radical (unpaired) electrons. The number of ether oxygens (including phenoxy) is 3. The molecule has 0 aromatic rings. The van der Waals surface area contributed by atoms with Crippen LogP contribution in [0, 0.1) is 0 Å². The topological polar surface area (TPSA) is 55.3 Å². The minimum atomic E-state index is 0.177. The van der Waals surface area contributed by atoms with E-state index in [4.69, 9.17) is 14.2 Å². The fourth-order valence-corrected chi connectivity index (χ4v) is 3.07. The smallest absolute Gasteiger partial charge is 0.193 e. The van der Waals surface area contributed by atoms with Crippen molar-refractivity contribution in [1.82, 2.24) is 10.2 Å². The molecule has 2 atom stereocenters. The summed E-state index contributed by atoms with van der Waals surface area (Å²) in [6, 6.07) is 0. The lowest BCUT2D eigenvalue weighted by Gasteiger charge is -2.37. The molecule has 2 aliphatic rings. The number of hydrogen-bond donors (Lipinski definition) is 1. The first-order chi connectivity index (χ1) is 10.8. The van der Waals surface area contributed by atoms with Gasteiger partial charge in [-0.25, -0.2) is 0 Å². The van der Waals surface area contributed by atoms with Crippen LogP contribution >= 0.6 is 0 Å². The van der Waals surface area contributed by atoms with Crippen LogP contribution < -0.4 is 5.32 Å². The van der Waals surface area contributed by atoms with Gasteiger partial charge in [0.05, 0.1) is 12.7 Å². The van der Waals surface area contributed by atoms with Gasteiger partial charge in [0, 0.05) is 47.0 Å². The summed E-state index contributed by atoms with van der Waals surface area (Å²) >= 11 is 0. The van der Waals surface area contributed by atoms with Gasteiger partial charge in [-0.3, -0.25) is 4.99 Å². The second-order valence-corrected chi connectivity index (χ2v) is 5.93. The molecular weight excluding hydrogens is 282 g/mol. The molecule has 22 heavy (non-hydrogen) atoms. The van der Waals surface area contributed by atoms with E-state index in [1.807, 2.05) is 7.05 Å². The van der Waals surface area contributed by atoms with E-state index in [2.05, 4.69) is 15.2 Å². The summed E-state index contributed by atoms with van der Waals surface area (Å²) in [5.41, 5.74) is 0. The minimum Gasteiger partial charge on any atom is -0.385 e. The largest absolute Gasteiger partial charge is 0.385 e. The zero-order chi connectivity index (χ0) is 15.6. The van der Waals surface area contributed by atoms with E-state index in [1.165, 1.54) is 6.42 Å². The second kappa shape index (κ2) is 10.0. The van der Waals surface area contributed by atoms with E-state index in [-0.39, 0.29) is 12.2 Å². The molecule has 0 spiro atoms. The molecule has 0 bridgehead atoms.